The highest BCUT2D eigenvalue weighted by Gasteiger charge is 2.44. The summed E-state index contributed by atoms with van der Waals surface area (Å²) >= 11 is 0. The first kappa shape index (κ1) is 23.2. The summed E-state index contributed by atoms with van der Waals surface area (Å²) < 4.78 is 22.9. The molecule has 1 amide bonds. The fourth-order valence-electron chi connectivity index (χ4n) is 4.21. The van der Waals surface area contributed by atoms with Crippen LogP contribution >= 0.6 is 0 Å². The predicted octanol–water partition coefficient (Wildman–Crippen LogP) is 2.68. The Kier molecular flexibility index (Phi) is 7.25. The molecule has 2 aliphatic rings. The van der Waals surface area contributed by atoms with Gasteiger partial charge in [0.2, 0.25) is 5.91 Å². The summed E-state index contributed by atoms with van der Waals surface area (Å²) in [5, 5.41) is 15.1. The number of nitrogens with zero attached hydrogens (tertiary/aromatic N) is 1. The molecule has 1 fully saturated rings. The lowest BCUT2D eigenvalue weighted by Crippen LogP contribution is -2.58. The van der Waals surface area contributed by atoms with Crippen LogP contribution in [0, 0.1) is 0 Å². The molecule has 0 saturated carbocycles. The van der Waals surface area contributed by atoms with E-state index in [2.05, 4.69) is 10.2 Å². The summed E-state index contributed by atoms with van der Waals surface area (Å²) in [6.07, 6.45) is 2.49. The van der Waals surface area contributed by atoms with E-state index in [1.54, 1.807) is 56.5 Å². The zero-order chi connectivity index (χ0) is 23.3. The van der Waals surface area contributed by atoms with Gasteiger partial charge in [0.05, 0.1) is 7.11 Å². The molecule has 33 heavy (non-hydrogen) atoms. The van der Waals surface area contributed by atoms with Crippen molar-refractivity contribution in [2.24, 2.45) is 0 Å². The summed E-state index contributed by atoms with van der Waals surface area (Å²) in [6, 6.07) is 11.5. The summed E-state index contributed by atoms with van der Waals surface area (Å²) in [5.74, 6) is 0.275. The van der Waals surface area contributed by atoms with Crippen LogP contribution in [0.1, 0.15) is 31.7 Å². The summed E-state index contributed by atoms with van der Waals surface area (Å²) in [7, 11) is 1.59. The van der Waals surface area contributed by atoms with Crippen molar-refractivity contribution in [2.45, 2.75) is 38.0 Å². The number of aliphatic hydroxyl groups is 1. The van der Waals surface area contributed by atoms with E-state index in [-0.39, 0.29) is 5.91 Å². The molecule has 2 aromatic carbocycles. The highest BCUT2D eigenvalue weighted by atomic mass is 16.6. The maximum Gasteiger partial charge on any atom is 0.256 e. The average Bonchev–Trinajstić information content (AvgIpc) is 3.37. The molecule has 0 aliphatic carbocycles. The molecule has 0 radical (unpaired) electrons. The Morgan fingerprint density at radius 1 is 1.09 bits per heavy atom. The molecular weight excluding hydrogens is 424 g/mol. The molecule has 2 aromatic rings. The van der Waals surface area contributed by atoms with Gasteiger partial charge in [-0.15, -0.1) is 0 Å². The van der Waals surface area contributed by atoms with Crippen LogP contribution in [0.2, 0.25) is 0 Å². The zero-order valence-corrected chi connectivity index (χ0v) is 19.2. The number of hydrogen-bond donors (Lipinski definition) is 2. The number of hydrogen-bond acceptors (Lipinski definition) is 7. The second-order valence-corrected chi connectivity index (χ2v) is 8.31. The third kappa shape index (κ3) is 5.34. The number of carbonyl (C=O) groups excluding carboxylic acids is 1. The Morgan fingerprint density at radius 3 is 2.42 bits per heavy atom. The smallest absolute Gasteiger partial charge is 0.256 e. The minimum Gasteiger partial charge on any atom is -0.497 e. The number of carbonyl (C=O) groups is 1. The largest absolute Gasteiger partial charge is 0.497 e. The third-order valence-electron chi connectivity index (χ3n) is 6.06. The third-order valence-corrected chi connectivity index (χ3v) is 6.06. The number of methoxy groups -OCH3 is 1. The Hall–Kier alpha value is -2.97. The topological polar surface area (TPSA) is 89.5 Å². The summed E-state index contributed by atoms with van der Waals surface area (Å²) in [5.41, 5.74) is 0.475. The normalized spacial score (nSPS) is 18.3. The average molecular weight is 457 g/mol. The van der Waals surface area contributed by atoms with Crippen molar-refractivity contribution in [2.75, 3.05) is 40.0 Å². The molecule has 8 heteroatoms. The minimum absolute atomic E-state index is 0.159. The van der Waals surface area contributed by atoms with E-state index in [1.807, 2.05) is 0 Å². The van der Waals surface area contributed by atoms with E-state index < -0.39 is 11.8 Å². The van der Waals surface area contributed by atoms with Gasteiger partial charge in [-0.2, -0.15) is 0 Å². The second kappa shape index (κ2) is 10.3. The van der Waals surface area contributed by atoms with Gasteiger partial charge in [-0.3, -0.25) is 4.79 Å². The fraction of sp³-hybridized carbons (Fsp3) is 0.480. The van der Waals surface area contributed by atoms with Crippen molar-refractivity contribution >= 4 is 5.91 Å². The van der Waals surface area contributed by atoms with Crippen LogP contribution in [0.4, 0.5) is 0 Å². The second-order valence-electron chi connectivity index (χ2n) is 8.31. The van der Waals surface area contributed by atoms with Gasteiger partial charge in [-0.05, 0) is 68.4 Å². The van der Waals surface area contributed by atoms with Crippen molar-refractivity contribution < 1.29 is 28.8 Å². The van der Waals surface area contributed by atoms with E-state index in [1.165, 1.54) is 0 Å². The van der Waals surface area contributed by atoms with Crippen LogP contribution in [-0.4, -0.2) is 61.9 Å². The van der Waals surface area contributed by atoms with Gasteiger partial charge in [0.15, 0.2) is 11.5 Å². The lowest BCUT2D eigenvalue weighted by Gasteiger charge is -2.39. The minimum atomic E-state index is -1.85. The number of likely N-dealkylation sites (tertiary alicyclic amines) is 1. The standard InChI is InChI=1S/C25H32N2O6/c1-3-24(28)26-23(17-27-12-4-5-13-27)25(29,33-20-9-7-19(30-2)8-10-20)18-6-11-21-22(16-18)32-15-14-31-21/h6-11,16,23,29H,3-5,12-15,17H2,1-2H3,(H,26,28). The SMILES string of the molecule is CCC(=O)NC(CN1CCCC1)C(O)(Oc1ccc(OC)cc1)c1ccc2c(c1)OCCO2. The first-order valence-electron chi connectivity index (χ1n) is 11.5. The fourth-order valence-corrected chi connectivity index (χ4v) is 4.21. The van der Waals surface area contributed by atoms with Crippen molar-refractivity contribution in [1.29, 1.82) is 0 Å². The van der Waals surface area contributed by atoms with Gasteiger partial charge in [0, 0.05) is 18.5 Å². The van der Waals surface area contributed by atoms with Crippen molar-refractivity contribution in [3.63, 3.8) is 0 Å². The maximum atomic E-state index is 12.5. The number of amides is 1. The molecule has 0 aromatic heterocycles. The molecule has 2 heterocycles. The van der Waals surface area contributed by atoms with Crippen LogP contribution in [-0.2, 0) is 10.6 Å². The Bertz CT molecular complexity index is 944. The zero-order valence-electron chi connectivity index (χ0n) is 19.2. The highest BCUT2D eigenvalue weighted by molar-refractivity contribution is 5.76. The number of nitrogens with one attached hydrogen (secondary N) is 1. The van der Waals surface area contributed by atoms with E-state index in [4.69, 9.17) is 18.9 Å². The van der Waals surface area contributed by atoms with Crippen molar-refractivity contribution in [3.8, 4) is 23.0 Å². The Labute approximate surface area is 194 Å². The van der Waals surface area contributed by atoms with Crippen LogP contribution in [0.25, 0.3) is 0 Å². The molecule has 2 atom stereocenters. The summed E-state index contributed by atoms with van der Waals surface area (Å²) in [6.45, 7) is 4.97. The predicted molar refractivity (Wildman–Crippen MR) is 123 cm³/mol. The van der Waals surface area contributed by atoms with E-state index in [0.717, 1.165) is 25.9 Å². The molecule has 178 valence electrons. The van der Waals surface area contributed by atoms with Crippen LogP contribution < -0.4 is 24.3 Å². The quantitative estimate of drug-likeness (QED) is 0.561. The Balaban J connectivity index is 1.73. The number of rotatable bonds is 9. The molecule has 0 bridgehead atoms. The van der Waals surface area contributed by atoms with Gasteiger partial charge < -0.3 is 34.3 Å². The van der Waals surface area contributed by atoms with Gasteiger partial charge in [-0.25, -0.2) is 0 Å². The molecule has 2 aliphatic heterocycles. The van der Waals surface area contributed by atoms with Crippen LogP contribution in [0.3, 0.4) is 0 Å². The van der Waals surface area contributed by atoms with Gasteiger partial charge >= 0.3 is 0 Å². The maximum absolute atomic E-state index is 12.5. The first-order valence-corrected chi connectivity index (χ1v) is 11.5. The van der Waals surface area contributed by atoms with Crippen molar-refractivity contribution in [1.82, 2.24) is 10.2 Å². The molecule has 8 nitrogen and oxygen atoms in total. The van der Waals surface area contributed by atoms with Crippen LogP contribution in [0.15, 0.2) is 42.5 Å². The lowest BCUT2D eigenvalue weighted by atomic mass is 9.95. The Morgan fingerprint density at radius 2 is 1.76 bits per heavy atom. The monoisotopic (exact) mass is 456 g/mol. The molecule has 1 saturated heterocycles. The van der Waals surface area contributed by atoms with E-state index >= 15 is 0 Å². The lowest BCUT2D eigenvalue weighted by molar-refractivity contribution is -0.177. The molecular formula is C25H32N2O6. The van der Waals surface area contributed by atoms with Gasteiger partial charge in [0.1, 0.15) is 30.8 Å². The van der Waals surface area contributed by atoms with Crippen molar-refractivity contribution in [3.05, 3.63) is 48.0 Å². The summed E-state index contributed by atoms with van der Waals surface area (Å²) in [4.78, 5) is 14.7. The highest BCUT2D eigenvalue weighted by Crippen LogP contribution is 2.38. The number of fused-ring (bicyclic) bond motifs is 1. The van der Waals surface area contributed by atoms with Gasteiger partial charge in [-0.1, -0.05) is 6.92 Å². The first-order chi connectivity index (χ1) is 16.0. The number of benzene rings is 2. The molecule has 4 rings (SSSR count). The van der Waals surface area contributed by atoms with Gasteiger partial charge in [0.25, 0.3) is 5.79 Å². The molecule has 0 spiro atoms. The molecule has 2 unspecified atom stereocenters. The number of ether oxygens (including phenoxy) is 4. The molecule has 2 N–H and O–H groups in total. The van der Waals surface area contributed by atoms with E-state index in [9.17, 15) is 9.90 Å². The van der Waals surface area contributed by atoms with Crippen LogP contribution in [0.5, 0.6) is 23.0 Å². The van der Waals surface area contributed by atoms with E-state index in [0.29, 0.717) is 54.7 Å².